The van der Waals surface area contributed by atoms with E-state index in [2.05, 4.69) is 5.32 Å². The van der Waals surface area contributed by atoms with E-state index in [0.717, 1.165) is 12.8 Å². The minimum atomic E-state index is -0.475. The Morgan fingerprint density at radius 1 is 1.14 bits per heavy atom. The predicted molar refractivity (Wildman–Crippen MR) is 137 cm³/mol. The number of halogens is 1. The van der Waals surface area contributed by atoms with Crippen LogP contribution >= 0.6 is 11.6 Å². The molecule has 3 aromatic carbocycles. The van der Waals surface area contributed by atoms with Crippen LogP contribution in [0.2, 0.25) is 5.02 Å². The monoisotopic (exact) mass is 505 g/mol. The van der Waals surface area contributed by atoms with Gasteiger partial charge in [-0.2, -0.15) is 5.26 Å². The summed E-state index contributed by atoms with van der Waals surface area (Å²) in [5, 5.41) is 23.3. The molecule has 0 radical (unpaired) electrons. The maximum Gasteiger partial charge on any atom is 0.269 e. The van der Waals surface area contributed by atoms with Gasteiger partial charge < -0.3 is 14.8 Å². The molecule has 9 heteroatoms. The molecule has 0 saturated carbocycles. The maximum atomic E-state index is 12.5. The van der Waals surface area contributed by atoms with Gasteiger partial charge >= 0.3 is 0 Å². The zero-order chi connectivity index (χ0) is 25.9. The lowest BCUT2D eigenvalue weighted by Crippen LogP contribution is -2.25. The van der Waals surface area contributed by atoms with E-state index >= 15 is 0 Å². The molecule has 0 unspecified atom stereocenters. The fourth-order valence-electron chi connectivity index (χ4n) is 3.38. The van der Waals surface area contributed by atoms with Crippen molar-refractivity contribution in [2.75, 3.05) is 13.7 Å². The molecule has 36 heavy (non-hydrogen) atoms. The number of nitro groups is 1. The average molecular weight is 506 g/mol. The maximum absolute atomic E-state index is 12.5. The SMILES string of the molecule is COc1cc(/C=C(/C#N)C(=O)NCCCc2ccccc2)cc(Cl)c1OCc1ccc([N+](=O)[O-])cc1. The molecule has 0 aliphatic carbocycles. The largest absolute Gasteiger partial charge is 0.493 e. The van der Waals surface area contributed by atoms with Crippen molar-refractivity contribution in [1.82, 2.24) is 5.32 Å². The van der Waals surface area contributed by atoms with Crippen LogP contribution in [0.25, 0.3) is 6.08 Å². The fourth-order valence-corrected chi connectivity index (χ4v) is 3.66. The second-order valence-corrected chi connectivity index (χ2v) is 8.17. The second kappa shape index (κ2) is 12.9. The van der Waals surface area contributed by atoms with E-state index in [0.29, 0.717) is 23.4 Å². The number of nitrogens with one attached hydrogen (secondary N) is 1. The summed E-state index contributed by atoms with van der Waals surface area (Å²) in [7, 11) is 1.45. The van der Waals surface area contributed by atoms with Gasteiger partial charge in [-0.3, -0.25) is 14.9 Å². The molecule has 0 saturated heterocycles. The topological polar surface area (TPSA) is 114 Å². The molecule has 0 aliphatic rings. The lowest BCUT2D eigenvalue weighted by molar-refractivity contribution is -0.384. The van der Waals surface area contributed by atoms with Crippen LogP contribution < -0.4 is 14.8 Å². The lowest BCUT2D eigenvalue weighted by Gasteiger charge is -2.13. The van der Waals surface area contributed by atoms with E-state index in [1.807, 2.05) is 36.4 Å². The Hall–Kier alpha value is -4.35. The number of amides is 1. The molecule has 3 rings (SSSR count). The Balaban J connectivity index is 1.65. The number of carbonyl (C=O) groups excluding carboxylic acids is 1. The fraction of sp³-hybridized carbons (Fsp3) is 0.185. The number of aryl methyl sites for hydroxylation is 1. The van der Waals surface area contributed by atoms with Crippen molar-refractivity contribution in [2.45, 2.75) is 19.4 Å². The van der Waals surface area contributed by atoms with Crippen LogP contribution in [-0.4, -0.2) is 24.5 Å². The number of non-ortho nitro benzene ring substituents is 1. The van der Waals surface area contributed by atoms with Crippen LogP contribution in [0.5, 0.6) is 11.5 Å². The van der Waals surface area contributed by atoms with Gasteiger partial charge in [0.25, 0.3) is 11.6 Å². The van der Waals surface area contributed by atoms with Gasteiger partial charge in [-0.05, 0) is 59.9 Å². The van der Waals surface area contributed by atoms with Crippen molar-refractivity contribution in [3.05, 3.63) is 104 Å². The summed E-state index contributed by atoms with van der Waals surface area (Å²) >= 11 is 6.41. The summed E-state index contributed by atoms with van der Waals surface area (Å²) in [5.41, 5.74) is 2.31. The highest BCUT2D eigenvalue weighted by atomic mass is 35.5. The third kappa shape index (κ3) is 7.32. The molecule has 0 spiro atoms. The molecule has 0 heterocycles. The van der Waals surface area contributed by atoms with E-state index in [1.54, 1.807) is 24.3 Å². The number of carbonyl (C=O) groups is 1. The zero-order valence-corrected chi connectivity index (χ0v) is 20.3. The van der Waals surface area contributed by atoms with Crippen molar-refractivity contribution in [3.63, 3.8) is 0 Å². The van der Waals surface area contributed by atoms with Crippen molar-refractivity contribution in [2.24, 2.45) is 0 Å². The molecule has 3 aromatic rings. The van der Waals surface area contributed by atoms with Gasteiger partial charge in [0.2, 0.25) is 0 Å². The van der Waals surface area contributed by atoms with E-state index in [4.69, 9.17) is 21.1 Å². The summed E-state index contributed by atoms with van der Waals surface area (Å²) in [5.74, 6) is 0.119. The van der Waals surface area contributed by atoms with Gasteiger partial charge in [0.05, 0.1) is 17.1 Å². The number of nitro benzene ring substituents is 1. The van der Waals surface area contributed by atoms with Crippen molar-refractivity contribution in [3.8, 4) is 17.6 Å². The Bertz CT molecular complexity index is 1290. The highest BCUT2D eigenvalue weighted by Crippen LogP contribution is 2.37. The first-order chi connectivity index (χ1) is 17.4. The summed E-state index contributed by atoms with van der Waals surface area (Å²) in [4.78, 5) is 22.8. The highest BCUT2D eigenvalue weighted by Gasteiger charge is 2.15. The summed E-state index contributed by atoms with van der Waals surface area (Å²) in [6.45, 7) is 0.546. The molecule has 0 fully saturated rings. The van der Waals surface area contributed by atoms with E-state index in [1.165, 1.54) is 30.9 Å². The van der Waals surface area contributed by atoms with E-state index < -0.39 is 10.8 Å². The molecule has 8 nitrogen and oxygen atoms in total. The smallest absolute Gasteiger partial charge is 0.269 e. The lowest BCUT2D eigenvalue weighted by atomic mass is 10.1. The number of nitrogens with zero attached hydrogens (tertiary/aromatic N) is 2. The van der Waals surface area contributed by atoms with Crippen molar-refractivity contribution >= 4 is 29.3 Å². The predicted octanol–water partition coefficient (Wildman–Crippen LogP) is 5.49. The Labute approximate surface area is 213 Å². The molecule has 184 valence electrons. The molecule has 0 bridgehead atoms. The van der Waals surface area contributed by atoms with Crippen LogP contribution in [0.3, 0.4) is 0 Å². The molecular formula is C27H24ClN3O5. The van der Waals surface area contributed by atoms with Gasteiger partial charge in [0.15, 0.2) is 11.5 Å². The molecule has 0 atom stereocenters. The van der Waals surface area contributed by atoms with Gasteiger partial charge in [0, 0.05) is 18.7 Å². The molecule has 0 aromatic heterocycles. The number of methoxy groups -OCH3 is 1. The van der Waals surface area contributed by atoms with Crippen LogP contribution in [0.15, 0.2) is 72.3 Å². The Morgan fingerprint density at radius 3 is 2.50 bits per heavy atom. The second-order valence-electron chi connectivity index (χ2n) is 7.76. The highest BCUT2D eigenvalue weighted by molar-refractivity contribution is 6.32. The van der Waals surface area contributed by atoms with Crippen LogP contribution in [-0.2, 0) is 17.8 Å². The zero-order valence-electron chi connectivity index (χ0n) is 19.6. The minimum Gasteiger partial charge on any atom is -0.493 e. The van der Waals surface area contributed by atoms with Crippen LogP contribution in [0.1, 0.15) is 23.1 Å². The number of benzene rings is 3. The first-order valence-corrected chi connectivity index (χ1v) is 11.5. The number of nitriles is 1. The molecular weight excluding hydrogens is 482 g/mol. The summed E-state index contributed by atoms with van der Waals surface area (Å²) in [6, 6.07) is 21.0. The molecule has 1 N–H and O–H groups in total. The average Bonchev–Trinajstić information content (AvgIpc) is 2.89. The third-order valence-corrected chi connectivity index (χ3v) is 5.51. The third-order valence-electron chi connectivity index (χ3n) is 5.23. The van der Waals surface area contributed by atoms with Crippen molar-refractivity contribution < 1.29 is 19.2 Å². The Kier molecular flexibility index (Phi) is 9.43. The van der Waals surface area contributed by atoms with Gasteiger partial charge in [-0.1, -0.05) is 41.9 Å². The van der Waals surface area contributed by atoms with Gasteiger partial charge in [-0.15, -0.1) is 0 Å². The quantitative estimate of drug-likeness (QED) is 0.121. The number of hydrogen-bond acceptors (Lipinski definition) is 6. The summed E-state index contributed by atoms with van der Waals surface area (Å²) < 4.78 is 11.2. The first kappa shape index (κ1) is 26.3. The standard InChI is InChI=1S/C27H24ClN3O5/c1-35-25-16-21(14-22(17-29)27(32)30-13-5-8-19-6-3-2-4-7-19)15-24(28)26(25)36-18-20-9-11-23(12-10-20)31(33)34/h2-4,6-7,9-12,14-16H,5,8,13,18H2,1H3,(H,30,32)/b22-14-. The Morgan fingerprint density at radius 2 is 1.86 bits per heavy atom. The van der Waals surface area contributed by atoms with E-state index in [-0.39, 0.29) is 28.6 Å². The molecule has 1 amide bonds. The molecule has 0 aliphatic heterocycles. The summed E-state index contributed by atoms with van der Waals surface area (Å²) in [6.07, 6.45) is 3.00. The van der Waals surface area contributed by atoms with E-state index in [9.17, 15) is 20.2 Å². The normalized spacial score (nSPS) is 10.9. The number of hydrogen-bond donors (Lipinski definition) is 1. The van der Waals surface area contributed by atoms with Gasteiger partial charge in [-0.25, -0.2) is 0 Å². The number of ether oxygens (including phenoxy) is 2. The minimum absolute atomic E-state index is 0.0148. The first-order valence-electron chi connectivity index (χ1n) is 11.1. The van der Waals surface area contributed by atoms with Crippen LogP contribution in [0, 0.1) is 21.4 Å². The number of rotatable bonds is 11. The van der Waals surface area contributed by atoms with Gasteiger partial charge in [0.1, 0.15) is 18.2 Å². The van der Waals surface area contributed by atoms with Crippen LogP contribution in [0.4, 0.5) is 5.69 Å². The van der Waals surface area contributed by atoms with Crippen molar-refractivity contribution in [1.29, 1.82) is 5.26 Å².